The third kappa shape index (κ3) is 2.86. The molecule has 2 N–H and O–H groups in total. The van der Waals surface area contributed by atoms with E-state index in [2.05, 4.69) is 10.3 Å². The summed E-state index contributed by atoms with van der Waals surface area (Å²) in [7, 11) is 0. The van der Waals surface area contributed by atoms with E-state index in [0.29, 0.717) is 12.4 Å². The molecule has 0 unspecified atom stereocenters. The summed E-state index contributed by atoms with van der Waals surface area (Å²) >= 11 is 0. The SMILES string of the molecule is N#Cc1nc(NCC2(CO)CCCC2)ccc1[N+](=O)[O-]. The Morgan fingerprint density at radius 1 is 1.50 bits per heavy atom. The van der Waals surface area contributed by atoms with Crippen LogP contribution in [0.2, 0.25) is 0 Å². The highest BCUT2D eigenvalue weighted by Gasteiger charge is 2.33. The molecule has 1 aliphatic carbocycles. The second-order valence-corrected chi connectivity index (χ2v) is 5.15. The van der Waals surface area contributed by atoms with Gasteiger partial charge in [0, 0.05) is 18.0 Å². The minimum atomic E-state index is -0.623. The fraction of sp³-hybridized carbons (Fsp3) is 0.538. The van der Waals surface area contributed by atoms with E-state index < -0.39 is 4.92 Å². The molecule has 1 heterocycles. The summed E-state index contributed by atoms with van der Waals surface area (Å²) < 4.78 is 0. The molecule has 0 atom stereocenters. The molecular weight excluding hydrogens is 260 g/mol. The first-order valence-electron chi connectivity index (χ1n) is 6.50. The van der Waals surface area contributed by atoms with Crippen LogP contribution in [0.3, 0.4) is 0 Å². The number of hydrogen-bond acceptors (Lipinski definition) is 6. The molecule has 0 spiro atoms. The largest absolute Gasteiger partial charge is 0.396 e. The second-order valence-electron chi connectivity index (χ2n) is 5.15. The molecule has 1 aromatic rings. The number of pyridine rings is 1. The van der Waals surface area contributed by atoms with Gasteiger partial charge in [-0.2, -0.15) is 5.26 Å². The van der Waals surface area contributed by atoms with Crippen LogP contribution in [0.25, 0.3) is 0 Å². The summed E-state index contributed by atoms with van der Waals surface area (Å²) in [6.07, 6.45) is 4.10. The molecule has 2 rings (SSSR count). The van der Waals surface area contributed by atoms with Gasteiger partial charge in [0.25, 0.3) is 0 Å². The van der Waals surface area contributed by atoms with Gasteiger partial charge in [0.05, 0.1) is 11.5 Å². The fourth-order valence-electron chi connectivity index (χ4n) is 2.57. The molecule has 1 saturated carbocycles. The second kappa shape index (κ2) is 5.84. The van der Waals surface area contributed by atoms with Gasteiger partial charge < -0.3 is 10.4 Å². The van der Waals surface area contributed by atoms with E-state index in [-0.39, 0.29) is 23.4 Å². The van der Waals surface area contributed by atoms with Gasteiger partial charge in [0.15, 0.2) is 0 Å². The van der Waals surface area contributed by atoms with Gasteiger partial charge in [0.2, 0.25) is 5.69 Å². The number of anilines is 1. The van der Waals surface area contributed by atoms with Crippen LogP contribution >= 0.6 is 0 Å². The summed E-state index contributed by atoms with van der Waals surface area (Å²) in [5.74, 6) is 0.423. The van der Waals surface area contributed by atoms with Crippen molar-refractivity contribution in [1.29, 1.82) is 5.26 Å². The molecule has 0 aromatic carbocycles. The number of aromatic nitrogens is 1. The Labute approximate surface area is 116 Å². The number of nitro groups is 1. The zero-order chi connectivity index (χ0) is 14.6. The topological polar surface area (TPSA) is 112 Å². The van der Waals surface area contributed by atoms with Crippen molar-refractivity contribution in [3.8, 4) is 6.07 Å². The first-order chi connectivity index (χ1) is 9.60. The van der Waals surface area contributed by atoms with Gasteiger partial charge in [0.1, 0.15) is 11.9 Å². The molecule has 20 heavy (non-hydrogen) atoms. The third-order valence-electron chi connectivity index (χ3n) is 3.82. The molecule has 1 fully saturated rings. The van der Waals surface area contributed by atoms with E-state index in [1.54, 1.807) is 6.07 Å². The van der Waals surface area contributed by atoms with E-state index in [0.717, 1.165) is 25.7 Å². The molecule has 1 aliphatic rings. The first kappa shape index (κ1) is 14.2. The van der Waals surface area contributed by atoms with Crippen molar-refractivity contribution in [1.82, 2.24) is 4.98 Å². The van der Waals surface area contributed by atoms with E-state index in [1.165, 1.54) is 12.1 Å². The number of nitrogens with one attached hydrogen (secondary N) is 1. The minimum Gasteiger partial charge on any atom is -0.396 e. The predicted octanol–water partition coefficient (Wildman–Crippen LogP) is 1.83. The Bertz CT molecular complexity index is 547. The molecule has 106 valence electrons. The zero-order valence-corrected chi connectivity index (χ0v) is 11.0. The molecule has 7 nitrogen and oxygen atoms in total. The first-order valence-corrected chi connectivity index (χ1v) is 6.50. The minimum absolute atomic E-state index is 0.109. The molecule has 0 saturated heterocycles. The van der Waals surface area contributed by atoms with Crippen molar-refractivity contribution in [3.05, 3.63) is 27.9 Å². The lowest BCUT2D eigenvalue weighted by Crippen LogP contribution is -2.30. The average Bonchev–Trinajstić information content (AvgIpc) is 2.94. The molecular formula is C13H16N4O3. The summed E-state index contributed by atoms with van der Waals surface area (Å²) in [5, 5.41) is 32.2. The Morgan fingerprint density at radius 3 is 2.75 bits per heavy atom. The predicted molar refractivity (Wildman–Crippen MR) is 72.1 cm³/mol. The molecule has 0 bridgehead atoms. The number of hydrogen-bond donors (Lipinski definition) is 2. The van der Waals surface area contributed by atoms with E-state index in [4.69, 9.17) is 5.26 Å². The number of nitriles is 1. The highest BCUT2D eigenvalue weighted by atomic mass is 16.6. The Balaban J connectivity index is 2.11. The number of nitrogens with zero attached hydrogens (tertiary/aromatic N) is 3. The van der Waals surface area contributed by atoms with Crippen LogP contribution in [0.1, 0.15) is 31.4 Å². The third-order valence-corrected chi connectivity index (χ3v) is 3.82. The Hall–Kier alpha value is -2.20. The van der Waals surface area contributed by atoms with E-state index in [9.17, 15) is 15.2 Å². The zero-order valence-electron chi connectivity index (χ0n) is 11.0. The van der Waals surface area contributed by atoms with Crippen LogP contribution in [0.15, 0.2) is 12.1 Å². The van der Waals surface area contributed by atoms with Crippen molar-refractivity contribution in [2.45, 2.75) is 25.7 Å². The van der Waals surface area contributed by atoms with Crippen LogP contribution in [0.4, 0.5) is 11.5 Å². The summed E-state index contributed by atoms with van der Waals surface area (Å²) in [4.78, 5) is 14.0. The van der Waals surface area contributed by atoms with Crippen molar-refractivity contribution in [3.63, 3.8) is 0 Å². The Morgan fingerprint density at radius 2 is 2.20 bits per heavy atom. The Kier molecular flexibility index (Phi) is 4.15. The lowest BCUT2D eigenvalue weighted by Gasteiger charge is -2.26. The van der Waals surface area contributed by atoms with Gasteiger partial charge in [-0.3, -0.25) is 10.1 Å². The molecule has 7 heteroatoms. The smallest absolute Gasteiger partial charge is 0.305 e. The normalized spacial score (nSPS) is 16.6. The highest BCUT2D eigenvalue weighted by Crippen LogP contribution is 2.37. The van der Waals surface area contributed by atoms with Gasteiger partial charge >= 0.3 is 5.69 Å². The molecule has 1 aromatic heterocycles. The average molecular weight is 276 g/mol. The van der Waals surface area contributed by atoms with Crippen LogP contribution in [-0.2, 0) is 0 Å². The van der Waals surface area contributed by atoms with E-state index in [1.807, 2.05) is 0 Å². The van der Waals surface area contributed by atoms with Crippen molar-refractivity contribution >= 4 is 11.5 Å². The number of aliphatic hydroxyl groups excluding tert-OH is 1. The molecule has 0 radical (unpaired) electrons. The number of rotatable bonds is 5. The van der Waals surface area contributed by atoms with Crippen LogP contribution in [-0.4, -0.2) is 28.2 Å². The quantitative estimate of drug-likeness (QED) is 0.626. The summed E-state index contributed by atoms with van der Waals surface area (Å²) in [6.45, 7) is 0.664. The van der Waals surface area contributed by atoms with Crippen LogP contribution < -0.4 is 5.32 Å². The van der Waals surface area contributed by atoms with Crippen LogP contribution in [0, 0.1) is 26.9 Å². The lowest BCUT2D eigenvalue weighted by molar-refractivity contribution is -0.385. The molecule has 0 amide bonds. The van der Waals surface area contributed by atoms with Gasteiger partial charge in [-0.05, 0) is 18.9 Å². The standard InChI is InChI=1S/C13H16N4O3/c14-7-10-11(17(19)20)3-4-12(16-10)15-8-13(9-18)5-1-2-6-13/h3-4,18H,1-2,5-6,8-9H2,(H,15,16). The van der Waals surface area contributed by atoms with Crippen LogP contribution in [0.5, 0.6) is 0 Å². The van der Waals surface area contributed by atoms with Crippen molar-refractivity contribution < 1.29 is 10.0 Å². The maximum absolute atomic E-state index is 10.7. The molecule has 0 aliphatic heterocycles. The van der Waals surface area contributed by atoms with Gasteiger partial charge in [-0.25, -0.2) is 4.98 Å². The summed E-state index contributed by atoms with van der Waals surface area (Å²) in [5.41, 5.74) is -0.642. The van der Waals surface area contributed by atoms with Gasteiger partial charge in [-0.1, -0.05) is 12.8 Å². The monoisotopic (exact) mass is 276 g/mol. The van der Waals surface area contributed by atoms with Crippen molar-refractivity contribution in [2.75, 3.05) is 18.5 Å². The van der Waals surface area contributed by atoms with Crippen molar-refractivity contribution in [2.24, 2.45) is 5.41 Å². The van der Waals surface area contributed by atoms with Gasteiger partial charge in [-0.15, -0.1) is 0 Å². The fourth-order valence-corrected chi connectivity index (χ4v) is 2.57. The number of aliphatic hydroxyl groups is 1. The summed E-state index contributed by atoms with van der Waals surface area (Å²) in [6, 6.07) is 4.48. The maximum Gasteiger partial charge on any atom is 0.305 e. The highest BCUT2D eigenvalue weighted by molar-refractivity contribution is 5.50. The lowest BCUT2D eigenvalue weighted by atomic mass is 9.87. The van der Waals surface area contributed by atoms with E-state index >= 15 is 0 Å². The maximum atomic E-state index is 10.7.